The van der Waals surface area contributed by atoms with Gasteiger partial charge in [-0.05, 0) is 19.4 Å². The summed E-state index contributed by atoms with van der Waals surface area (Å²) in [5.74, 6) is 1.26. The zero-order valence-electron chi connectivity index (χ0n) is 12.0. The van der Waals surface area contributed by atoms with Crippen molar-refractivity contribution in [3.63, 3.8) is 0 Å². The van der Waals surface area contributed by atoms with Crippen LogP contribution in [0.2, 0.25) is 0 Å². The van der Waals surface area contributed by atoms with Gasteiger partial charge in [0.25, 0.3) is 0 Å². The lowest BCUT2D eigenvalue weighted by molar-refractivity contribution is 0.379. The van der Waals surface area contributed by atoms with E-state index >= 15 is 0 Å². The van der Waals surface area contributed by atoms with Crippen molar-refractivity contribution in [3.8, 4) is 0 Å². The molecule has 0 radical (unpaired) electrons. The predicted octanol–water partition coefficient (Wildman–Crippen LogP) is 2.91. The normalized spacial score (nSPS) is 11.0. The van der Waals surface area contributed by atoms with E-state index in [1.807, 2.05) is 5.38 Å². The van der Waals surface area contributed by atoms with Crippen LogP contribution >= 0.6 is 11.3 Å². The molecule has 6 heteroatoms. The van der Waals surface area contributed by atoms with E-state index < -0.39 is 0 Å². The molecule has 0 aliphatic heterocycles. The number of nitrogens with two attached hydrogens (primary N) is 1. The van der Waals surface area contributed by atoms with E-state index in [0.29, 0.717) is 29.7 Å². The number of thiazole rings is 1. The number of nitrogens with zero attached hydrogens (tertiary/aromatic N) is 3. The van der Waals surface area contributed by atoms with Crippen LogP contribution in [0.4, 0.5) is 5.13 Å². The van der Waals surface area contributed by atoms with Gasteiger partial charge >= 0.3 is 0 Å². The van der Waals surface area contributed by atoms with Crippen molar-refractivity contribution >= 4 is 16.5 Å². The number of benzene rings is 1. The molecule has 0 aliphatic carbocycles. The van der Waals surface area contributed by atoms with Crippen LogP contribution in [-0.2, 0) is 12.8 Å². The Morgan fingerprint density at radius 1 is 1.10 bits per heavy atom. The lowest BCUT2D eigenvalue weighted by Crippen LogP contribution is -1.94. The van der Waals surface area contributed by atoms with Crippen molar-refractivity contribution in [1.29, 1.82) is 0 Å². The summed E-state index contributed by atoms with van der Waals surface area (Å²) in [6.45, 7) is 4.18. The van der Waals surface area contributed by atoms with E-state index in [4.69, 9.17) is 10.3 Å². The zero-order chi connectivity index (χ0) is 14.8. The molecular formula is C15H16N4OS. The molecule has 0 saturated heterocycles. The van der Waals surface area contributed by atoms with Crippen LogP contribution in [0, 0.1) is 13.8 Å². The van der Waals surface area contributed by atoms with Gasteiger partial charge in [0, 0.05) is 11.8 Å². The fourth-order valence-corrected chi connectivity index (χ4v) is 2.91. The van der Waals surface area contributed by atoms with Gasteiger partial charge in [0.05, 0.1) is 12.1 Å². The Labute approximate surface area is 126 Å². The molecule has 0 fully saturated rings. The van der Waals surface area contributed by atoms with Gasteiger partial charge in [-0.3, -0.25) is 0 Å². The Bertz CT molecular complexity index is 742. The lowest BCUT2D eigenvalue weighted by Gasteiger charge is -2.01. The van der Waals surface area contributed by atoms with Crippen LogP contribution in [0.3, 0.4) is 0 Å². The molecule has 0 atom stereocenters. The number of anilines is 1. The van der Waals surface area contributed by atoms with Gasteiger partial charge in [0.15, 0.2) is 11.0 Å². The summed E-state index contributed by atoms with van der Waals surface area (Å²) in [4.78, 5) is 8.61. The van der Waals surface area contributed by atoms with Crippen LogP contribution in [0.25, 0.3) is 0 Å². The fraction of sp³-hybridized carbons (Fsp3) is 0.267. The molecule has 5 nitrogen and oxygen atoms in total. The predicted molar refractivity (Wildman–Crippen MR) is 82.4 cm³/mol. The van der Waals surface area contributed by atoms with Crippen molar-refractivity contribution in [2.24, 2.45) is 0 Å². The highest BCUT2D eigenvalue weighted by Crippen LogP contribution is 2.16. The van der Waals surface area contributed by atoms with E-state index in [-0.39, 0.29) is 0 Å². The van der Waals surface area contributed by atoms with E-state index in [9.17, 15) is 0 Å². The molecule has 2 N–H and O–H groups in total. The molecule has 3 aromatic rings. The number of hydrogen-bond donors (Lipinski definition) is 1. The molecule has 1 aromatic carbocycles. The van der Waals surface area contributed by atoms with Gasteiger partial charge in [-0.1, -0.05) is 34.5 Å². The summed E-state index contributed by atoms with van der Waals surface area (Å²) in [6.07, 6.45) is 1.19. The lowest BCUT2D eigenvalue weighted by atomic mass is 10.1. The maximum absolute atomic E-state index is 5.61. The maximum atomic E-state index is 5.61. The Morgan fingerprint density at radius 3 is 2.52 bits per heavy atom. The molecule has 2 heterocycles. The third-order valence-electron chi connectivity index (χ3n) is 3.06. The first-order valence-corrected chi connectivity index (χ1v) is 7.55. The number of nitrogen functional groups attached to an aromatic ring is 1. The molecule has 2 aromatic heterocycles. The largest absolute Gasteiger partial charge is 0.375 e. The minimum Gasteiger partial charge on any atom is -0.375 e. The highest BCUT2D eigenvalue weighted by atomic mass is 32.1. The van der Waals surface area contributed by atoms with Gasteiger partial charge in [-0.15, -0.1) is 11.3 Å². The second-order valence-corrected chi connectivity index (χ2v) is 6.02. The van der Waals surface area contributed by atoms with Crippen LogP contribution in [0.5, 0.6) is 0 Å². The minimum atomic E-state index is 0.521. The second-order valence-electron chi connectivity index (χ2n) is 5.13. The topological polar surface area (TPSA) is 77.8 Å². The summed E-state index contributed by atoms with van der Waals surface area (Å²) in [7, 11) is 0. The Kier molecular flexibility index (Phi) is 3.70. The first-order valence-electron chi connectivity index (χ1n) is 6.67. The summed E-state index contributed by atoms with van der Waals surface area (Å²) >= 11 is 1.41. The van der Waals surface area contributed by atoms with E-state index in [1.54, 1.807) is 0 Å². The average molecular weight is 300 g/mol. The molecular weight excluding hydrogens is 284 g/mol. The molecule has 0 aliphatic rings. The zero-order valence-corrected chi connectivity index (χ0v) is 12.8. The Balaban J connectivity index is 1.72. The molecule has 3 rings (SSSR count). The minimum absolute atomic E-state index is 0.521. The quantitative estimate of drug-likeness (QED) is 0.801. The SMILES string of the molecule is Cc1cc(C)cc(Cc2noc(Cc3csc(N)n3)n2)c1. The van der Waals surface area contributed by atoms with E-state index in [0.717, 1.165) is 5.69 Å². The van der Waals surface area contributed by atoms with E-state index in [2.05, 4.69) is 47.2 Å². The smallest absolute Gasteiger partial charge is 0.232 e. The average Bonchev–Trinajstić information content (AvgIpc) is 2.98. The van der Waals surface area contributed by atoms with Crippen LogP contribution in [0.1, 0.15) is 34.1 Å². The van der Waals surface area contributed by atoms with Gasteiger partial charge in [0.2, 0.25) is 5.89 Å². The van der Waals surface area contributed by atoms with Crippen LogP contribution in [-0.4, -0.2) is 15.1 Å². The van der Waals surface area contributed by atoms with Gasteiger partial charge < -0.3 is 10.3 Å². The highest BCUT2D eigenvalue weighted by molar-refractivity contribution is 7.13. The van der Waals surface area contributed by atoms with Gasteiger partial charge in [-0.25, -0.2) is 4.98 Å². The number of aryl methyl sites for hydroxylation is 2. The maximum Gasteiger partial charge on any atom is 0.232 e. The summed E-state index contributed by atoms with van der Waals surface area (Å²) in [5, 5.41) is 6.49. The summed E-state index contributed by atoms with van der Waals surface area (Å²) < 4.78 is 5.27. The third kappa shape index (κ3) is 3.46. The Morgan fingerprint density at radius 2 is 1.86 bits per heavy atom. The standard InChI is InChI=1S/C15H16N4OS/c1-9-3-10(2)5-11(4-9)6-13-18-14(20-19-13)7-12-8-21-15(16)17-12/h3-5,8H,6-7H2,1-2H3,(H2,16,17). The molecule has 0 saturated carbocycles. The second kappa shape index (κ2) is 5.65. The third-order valence-corrected chi connectivity index (χ3v) is 3.78. The summed E-state index contributed by atoms with van der Waals surface area (Å²) in [6, 6.07) is 6.44. The molecule has 0 amide bonds. The fourth-order valence-electron chi connectivity index (χ4n) is 2.35. The molecule has 0 bridgehead atoms. The number of aromatic nitrogens is 3. The molecule has 21 heavy (non-hydrogen) atoms. The van der Waals surface area contributed by atoms with Crippen molar-refractivity contribution in [3.05, 3.63) is 57.7 Å². The van der Waals surface area contributed by atoms with Crippen molar-refractivity contribution in [2.75, 3.05) is 5.73 Å². The van der Waals surface area contributed by atoms with Crippen molar-refractivity contribution in [2.45, 2.75) is 26.7 Å². The molecule has 0 spiro atoms. The number of hydrogen-bond acceptors (Lipinski definition) is 6. The van der Waals surface area contributed by atoms with Gasteiger partial charge in [0.1, 0.15) is 0 Å². The highest BCUT2D eigenvalue weighted by Gasteiger charge is 2.10. The number of rotatable bonds is 4. The summed E-state index contributed by atoms with van der Waals surface area (Å²) in [5.41, 5.74) is 10.1. The Hall–Kier alpha value is -2.21. The molecule has 0 unspecified atom stereocenters. The monoisotopic (exact) mass is 300 g/mol. The van der Waals surface area contributed by atoms with E-state index in [1.165, 1.54) is 28.0 Å². The van der Waals surface area contributed by atoms with Crippen molar-refractivity contribution < 1.29 is 4.52 Å². The van der Waals surface area contributed by atoms with Crippen LogP contribution in [0.15, 0.2) is 28.1 Å². The first kappa shape index (κ1) is 13.8. The molecule has 108 valence electrons. The van der Waals surface area contributed by atoms with Crippen LogP contribution < -0.4 is 5.73 Å². The van der Waals surface area contributed by atoms with Gasteiger partial charge in [-0.2, -0.15) is 4.98 Å². The van der Waals surface area contributed by atoms with Crippen molar-refractivity contribution in [1.82, 2.24) is 15.1 Å². The first-order chi connectivity index (χ1) is 10.1.